The van der Waals surface area contributed by atoms with Gasteiger partial charge in [0.1, 0.15) is 17.0 Å². The quantitative estimate of drug-likeness (QED) is 0.509. The molecule has 4 heteroatoms. The van der Waals surface area contributed by atoms with Crippen molar-refractivity contribution < 1.29 is 0 Å². The van der Waals surface area contributed by atoms with E-state index in [2.05, 4.69) is 47.1 Å². The Morgan fingerprint density at radius 2 is 1.70 bits per heavy atom. The fourth-order valence-electron chi connectivity index (χ4n) is 0.384. The molecule has 0 aliphatic heterocycles. The van der Waals surface area contributed by atoms with E-state index in [0.717, 1.165) is 5.49 Å². The Balaban J connectivity index is 0. The molecule has 1 rings (SSSR count). The molecule has 10 heavy (non-hydrogen) atoms. The Labute approximate surface area is 75.6 Å². The molecule has 0 radical (unpaired) electrons. The van der Waals surface area contributed by atoms with Crippen LogP contribution in [0.15, 0.2) is 22.9 Å². The smallest absolute Gasteiger partial charge is 0.137 e. The van der Waals surface area contributed by atoms with Crippen molar-refractivity contribution in [2.75, 3.05) is 0 Å². The lowest BCUT2D eigenvalue weighted by molar-refractivity contribution is 1.93. The van der Waals surface area contributed by atoms with Crippen LogP contribution in [0.4, 0.5) is 0 Å². The van der Waals surface area contributed by atoms with Crippen LogP contribution in [0.2, 0.25) is 0 Å². The van der Waals surface area contributed by atoms with Crippen molar-refractivity contribution in [3.05, 3.63) is 22.9 Å². The van der Waals surface area contributed by atoms with Crippen molar-refractivity contribution in [3.63, 3.8) is 0 Å². The molecule has 0 amide bonds. The maximum absolute atomic E-state index is 4.54. The lowest BCUT2D eigenvalue weighted by Crippen LogP contribution is -1.79. The summed E-state index contributed by atoms with van der Waals surface area (Å²) in [6, 6.07) is 4.17. The Bertz CT molecular complexity index is 151. The molecule has 0 atom stereocenters. The first kappa shape index (κ1) is 12.5. The van der Waals surface area contributed by atoms with Crippen LogP contribution >= 0.6 is 35.1 Å². The summed E-state index contributed by atoms with van der Waals surface area (Å²) in [5, 5.41) is 4.39. The third-order valence-corrected chi connectivity index (χ3v) is 1.87. The highest BCUT2D eigenvalue weighted by molar-refractivity contribution is 7.78. The molecule has 0 saturated carbocycles. The minimum atomic E-state index is 0. The second kappa shape index (κ2) is 8.88. The number of halogens is 1. The van der Waals surface area contributed by atoms with Gasteiger partial charge in [-0.15, -0.1) is 12.4 Å². The highest BCUT2D eigenvalue weighted by Gasteiger charge is 1.84. The molecule has 1 nitrogen and oxygen atoms in total. The zero-order valence-corrected chi connectivity index (χ0v) is 8.14. The number of rotatable bonds is 0. The van der Waals surface area contributed by atoms with Crippen LogP contribution in [0.3, 0.4) is 0 Å². The van der Waals surface area contributed by atoms with Gasteiger partial charge in [0.15, 0.2) is 0 Å². The molecule has 0 unspecified atom stereocenters. The average molecular weight is 197 g/mol. The lowest BCUT2D eigenvalue weighted by atomic mass is 10.7. The third-order valence-electron chi connectivity index (χ3n) is 0.698. The first-order valence-corrected chi connectivity index (χ1v) is 4.68. The molecule has 0 aromatic carbocycles. The molecular weight excluding hydrogens is 186 g/mol. The zero-order valence-electron chi connectivity index (χ0n) is 5.69. The van der Waals surface area contributed by atoms with Crippen LogP contribution in [-0.2, 0) is 6.26 Å². The molecule has 1 aromatic heterocycles. The first-order chi connectivity index (χ1) is 4.31. The van der Waals surface area contributed by atoms with Crippen molar-refractivity contribution in [1.82, 2.24) is 0 Å². The molecule has 0 bridgehead atoms. The summed E-state index contributed by atoms with van der Waals surface area (Å²) in [6.45, 7) is 0. The van der Waals surface area contributed by atoms with E-state index in [1.807, 2.05) is 0 Å². The van der Waals surface area contributed by atoms with Gasteiger partial charge in [0, 0.05) is 0 Å². The monoisotopic (exact) mass is 196 g/mol. The zero-order chi connectivity index (χ0) is 7.11. The normalized spacial score (nSPS) is 6.50. The Morgan fingerprint density at radius 3 is 1.80 bits per heavy atom. The highest BCUT2D eigenvalue weighted by Crippen LogP contribution is 2.08. The van der Waals surface area contributed by atoms with Crippen LogP contribution in [0, 0.1) is 0 Å². The van der Waals surface area contributed by atoms with Gasteiger partial charge >= 0.3 is 0 Å². The van der Waals surface area contributed by atoms with Gasteiger partial charge in [0.2, 0.25) is 0 Å². The minimum absolute atomic E-state index is 0. The maximum atomic E-state index is 4.54. The van der Waals surface area contributed by atoms with E-state index < -0.39 is 0 Å². The molecule has 2 N–H and O–H groups in total. The fraction of sp³-hybridized carbons (Fsp3) is 0.167. The summed E-state index contributed by atoms with van der Waals surface area (Å²) in [5.74, 6) is 0. The number of aryl methyl sites for hydroxylation is 1. The van der Waals surface area contributed by atoms with E-state index in [4.69, 9.17) is 0 Å². The van der Waals surface area contributed by atoms with E-state index in [9.17, 15) is 0 Å². The van der Waals surface area contributed by atoms with Crippen molar-refractivity contribution in [2.24, 2.45) is 12.0 Å². The molecule has 58 valence electrons. The lowest BCUT2D eigenvalue weighted by Gasteiger charge is -1.56. The molecule has 0 aliphatic carbocycles. The molecular formula is C6H11ClNS2+. The summed E-state index contributed by atoms with van der Waals surface area (Å²) < 4.78 is 0. The Morgan fingerprint density at radius 1 is 1.40 bits per heavy atom. The molecule has 0 aliphatic rings. The predicted octanol–water partition coefficient (Wildman–Crippen LogP) is 2.30. The van der Waals surface area contributed by atoms with Gasteiger partial charge in [0.05, 0.1) is 5.49 Å². The van der Waals surface area contributed by atoms with Crippen molar-refractivity contribution >= 4 is 40.6 Å². The maximum Gasteiger partial charge on any atom is 0.137 e. The minimum Gasteiger partial charge on any atom is -0.396 e. The predicted molar refractivity (Wildman–Crippen MR) is 55.0 cm³/mol. The second-order valence-electron chi connectivity index (χ2n) is 1.40. The Kier molecular flexibility index (Phi) is 11.1. The van der Waals surface area contributed by atoms with E-state index in [0.29, 0.717) is 10.5 Å². The highest BCUT2D eigenvalue weighted by atomic mass is 35.5. The van der Waals surface area contributed by atoms with Gasteiger partial charge in [-0.05, 0) is 22.6 Å². The van der Waals surface area contributed by atoms with Gasteiger partial charge in [-0.3, -0.25) is 0 Å². The molecule has 0 fully saturated rings. The summed E-state index contributed by atoms with van der Waals surface area (Å²) >= 11 is 4.05. The summed E-state index contributed by atoms with van der Waals surface area (Å²) in [7, 11) is 0.466. The SMILES string of the molecule is C[s+]1cccc1.Cl.NC=S. The van der Waals surface area contributed by atoms with Crippen LogP contribution in [0.1, 0.15) is 0 Å². The van der Waals surface area contributed by atoms with E-state index in [1.165, 1.54) is 0 Å². The van der Waals surface area contributed by atoms with Crippen molar-refractivity contribution in [2.45, 2.75) is 0 Å². The van der Waals surface area contributed by atoms with Gasteiger partial charge in [-0.2, -0.15) is 0 Å². The van der Waals surface area contributed by atoms with Crippen LogP contribution in [0.25, 0.3) is 0 Å². The largest absolute Gasteiger partial charge is 0.396 e. The second-order valence-corrected chi connectivity index (χ2v) is 3.43. The Hall–Kier alpha value is -0.120. The van der Waals surface area contributed by atoms with Crippen molar-refractivity contribution in [3.8, 4) is 0 Å². The van der Waals surface area contributed by atoms with Crippen molar-refractivity contribution in [1.29, 1.82) is 0 Å². The number of hydrogen-bond donors (Lipinski definition) is 1. The number of nitrogens with two attached hydrogens (primary N) is 1. The van der Waals surface area contributed by atoms with Crippen LogP contribution < -0.4 is 5.73 Å². The van der Waals surface area contributed by atoms with E-state index in [-0.39, 0.29) is 12.4 Å². The topological polar surface area (TPSA) is 26.0 Å². The number of hydrogen-bond acceptors (Lipinski definition) is 1. The van der Waals surface area contributed by atoms with E-state index >= 15 is 0 Å². The summed E-state index contributed by atoms with van der Waals surface area (Å²) in [5.41, 5.74) is 5.62. The van der Waals surface area contributed by atoms with Crippen LogP contribution in [-0.4, -0.2) is 5.49 Å². The molecule has 1 heterocycles. The number of thiophene rings is 1. The third kappa shape index (κ3) is 7.88. The molecule has 0 spiro atoms. The van der Waals surface area contributed by atoms with E-state index in [1.54, 1.807) is 0 Å². The van der Waals surface area contributed by atoms with Gasteiger partial charge in [-0.1, -0.05) is 12.2 Å². The van der Waals surface area contributed by atoms with Gasteiger partial charge in [0.25, 0.3) is 0 Å². The number of thiocarbonyl (C=S) groups is 1. The first-order valence-electron chi connectivity index (χ1n) is 2.45. The fourth-order valence-corrected chi connectivity index (χ4v) is 1.15. The van der Waals surface area contributed by atoms with Crippen LogP contribution in [0.5, 0.6) is 0 Å². The summed E-state index contributed by atoms with van der Waals surface area (Å²) in [4.78, 5) is 0. The van der Waals surface area contributed by atoms with Gasteiger partial charge < -0.3 is 5.73 Å². The standard InChI is InChI=1S/C5H7S.CH3NS.ClH/c1-6-4-2-3-5-6;2-1-3;/h2-5H,1H3;1H,(H2,2,3);1H/q+1;;. The molecule has 0 saturated heterocycles. The average Bonchev–Trinajstić information content (AvgIpc) is 2.20. The van der Waals surface area contributed by atoms with Gasteiger partial charge in [-0.25, -0.2) is 0 Å². The molecule has 1 aromatic rings. The summed E-state index contributed by atoms with van der Waals surface area (Å²) in [6.07, 6.45) is 2.19.